The Morgan fingerprint density at radius 1 is 1.19 bits per heavy atom. The monoisotopic (exact) mass is 458 g/mol. The first kappa shape index (κ1) is 23.8. The van der Waals surface area contributed by atoms with Gasteiger partial charge in [0, 0.05) is 30.7 Å². The number of sulfonamides is 1. The molecule has 0 unspecified atom stereocenters. The lowest BCUT2D eigenvalue weighted by molar-refractivity contribution is -0.115. The number of anilines is 1. The van der Waals surface area contributed by atoms with Gasteiger partial charge in [-0.1, -0.05) is 13.8 Å². The molecule has 3 rings (SSSR count). The highest BCUT2D eigenvalue weighted by Crippen LogP contribution is 2.31. The van der Waals surface area contributed by atoms with Crippen LogP contribution in [0, 0.1) is 6.92 Å². The number of hydrogen-bond donors (Lipinski definition) is 1. The van der Waals surface area contributed by atoms with E-state index in [2.05, 4.69) is 32.2 Å². The number of carbonyl (C=O) groups excluding carboxylic acids is 1. The maximum absolute atomic E-state index is 12.8. The summed E-state index contributed by atoms with van der Waals surface area (Å²) in [5, 5.41) is 3.71. The fourth-order valence-electron chi connectivity index (χ4n) is 3.64. The van der Waals surface area contributed by atoms with Gasteiger partial charge in [-0.15, -0.1) is 0 Å². The van der Waals surface area contributed by atoms with E-state index >= 15 is 0 Å². The molecular formula is C24H30N2O5S. The minimum absolute atomic E-state index is 0.00737. The van der Waals surface area contributed by atoms with Gasteiger partial charge >= 0.3 is 0 Å². The van der Waals surface area contributed by atoms with Gasteiger partial charge in [-0.05, 0) is 61.2 Å². The SMILES string of the molecule is CCOc1ccc(NC(=O)Cc2coc3cc(C)c(C(C)C)cc23)cc1S(=O)(=O)N(C)C. The van der Waals surface area contributed by atoms with Crippen molar-refractivity contribution in [3.05, 3.63) is 53.3 Å². The maximum Gasteiger partial charge on any atom is 0.246 e. The van der Waals surface area contributed by atoms with E-state index in [0.29, 0.717) is 18.2 Å². The molecule has 1 N–H and O–H groups in total. The van der Waals surface area contributed by atoms with E-state index < -0.39 is 10.0 Å². The molecule has 0 spiro atoms. The highest BCUT2D eigenvalue weighted by atomic mass is 32.2. The average molecular weight is 459 g/mol. The molecule has 0 aliphatic carbocycles. The summed E-state index contributed by atoms with van der Waals surface area (Å²) in [6.07, 6.45) is 1.71. The number of furan rings is 1. The van der Waals surface area contributed by atoms with Gasteiger partial charge in [-0.25, -0.2) is 12.7 Å². The van der Waals surface area contributed by atoms with Crippen molar-refractivity contribution in [2.24, 2.45) is 0 Å². The predicted octanol–water partition coefficient (Wildman–Crippen LogP) is 4.69. The Labute approximate surface area is 189 Å². The van der Waals surface area contributed by atoms with E-state index in [0.717, 1.165) is 26.4 Å². The number of fused-ring (bicyclic) bond motifs is 1. The van der Waals surface area contributed by atoms with Crippen LogP contribution < -0.4 is 10.1 Å². The first-order chi connectivity index (χ1) is 15.0. The van der Waals surface area contributed by atoms with Crippen LogP contribution in [0.15, 0.2) is 45.9 Å². The molecule has 7 nitrogen and oxygen atoms in total. The van der Waals surface area contributed by atoms with E-state index in [1.807, 2.05) is 6.07 Å². The van der Waals surface area contributed by atoms with Crippen LogP contribution in [0.4, 0.5) is 5.69 Å². The van der Waals surface area contributed by atoms with Crippen LogP contribution in [0.5, 0.6) is 5.75 Å². The van der Waals surface area contributed by atoms with Gasteiger partial charge in [0.05, 0.1) is 19.3 Å². The number of carbonyl (C=O) groups is 1. The molecule has 1 amide bonds. The molecule has 2 aromatic carbocycles. The van der Waals surface area contributed by atoms with Gasteiger partial charge in [0.2, 0.25) is 15.9 Å². The minimum atomic E-state index is -3.74. The van der Waals surface area contributed by atoms with Crippen molar-refractivity contribution in [3.8, 4) is 5.75 Å². The fraction of sp³-hybridized carbons (Fsp3) is 0.375. The molecule has 0 radical (unpaired) electrons. The Kier molecular flexibility index (Phi) is 6.95. The Bertz CT molecular complexity index is 1240. The normalized spacial score (nSPS) is 12.0. The van der Waals surface area contributed by atoms with Crippen LogP contribution in [0.25, 0.3) is 11.0 Å². The predicted molar refractivity (Wildman–Crippen MR) is 126 cm³/mol. The maximum atomic E-state index is 12.8. The van der Waals surface area contributed by atoms with E-state index in [1.165, 1.54) is 25.7 Å². The summed E-state index contributed by atoms with van der Waals surface area (Å²) in [7, 11) is -0.838. The van der Waals surface area contributed by atoms with Gasteiger partial charge in [0.1, 0.15) is 16.2 Å². The summed E-state index contributed by atoms with van der Waals surface area (Å²) in [4.78, 5) is 12.8. The smallest absolute Gasteiger partial charge is 0.246 e. The Morgan fingerprint density at radius 3 is 2.53 bits per heavy atom. The van der Waals surface area contributed by atoms with Crippen molar-refractivity contribution >= 4 is 32.6 Å². The lowest BCUT2D eigenvalue weighted by Gasteiger charge is -2.16. The van der Waals surface area contributed by atoms with Gasteiger partial charge in [0.15, 0.2) is 0 Å². The second-order valence-electron chi connectivity index (χ2n) is 8.23. The molecule has 0 aliphatic heterocycles. The molecular weight excluding hydrogens is 428 g/mol. The van der Waals surface area contributed by atoms with Gasteiger partial charge in [-0.3, -0.25) is 4.79 Å². The van der Waals surface area contributed by atoms with Gasteiger partial charge in [-0.2, -0.15) is 0 Å². The summed E-state index contributed by atoms with van der Waals surface area (Å²) < 4.78 is 37.7. The molecule has 0 saturated carbocycles. The van der Waals surface area contributed by atoms with Crippen LogP contribution >= 0.6 is 0 Å². The Hall–Kier alpha value is -2.84. The third-order valence-corrected chi connectivity index (χ3v) is 7.14. The molecule has 3 aromatic rings. The zero-order valence-electron chi connectivity index (χ0n) is 19.4. The molecule has 0 saturated heterocycles. The van der Waals surface area contributed by atoms with E-state index in [9.17, 15) is 13.2 Å². The number of ether oxygens (including phenoxy) is 1. The zero-order valence-corrected chi connectivity index (χ0v) is 20.2. The number of nitrogens with one attached hydrogen (secondary N) is 1. The Morgan fingerprint density at radius 2 is 1.91 bits per heavy atom. The van der Waals surface area contributed by atoms with E-state index in [4.69, 9.17) is 9.15 Å². The van der Waals surface area contributed by atoms with Crippen molar-refractivity contribution in [3.63, 3.8) is 0 Å². The quantitative estimate of drug-likeness (QED) is 0.529. The fourth-order valence-corrected chi connectivity index (χ4v) is 4.69. The van der Waals surface area contributed by atoms with E-state index in [1.54, 1.807) is 25.3 Å². The van der Waals surface area contributed by atoms with Crippen molar-refractivity contribution in [2.75, 3.05) is 26.0 Å². The highest BCUT2D eigenvalue weighted by Gasteiger charge is 2.23. The Balaban J connectivity index is 1.87. The number of benzene rings is 2. The molecule has 1 aromatic heterocycles. The largest absolute Gasteiger partial charge is 0.492 e. The van der Waals surface area contributed by atoms with Gasteiger partial charge < -0.3 is 14.5 Å². The number of rotatable bonds is 8. The summed E-state index contributed by atoms with van der Waals surface area (Å²) >= 11 is 0. The van der Waals surface area contributed by atoms with Crippen LogP contribution in [0.3, 0.4) is 0 Å². The standard InChI is InChI=1S/C24H30N2O5S/c1-7-30-21-9-8-18(12-23(21)32(28,29)26(5)6)25-24(27)11-17-14-31-22-10-16(4)19(15(2)3)13-20(17)22/h8-10,12-15H,7,11H2,1-6H3,(H,25,27). The topological polar surface area (TPSA) is 88.8 Å². The number of amides is 1. The van der Waals surface area contributed by atoms with Crippen molar-refractivity contribution < 1.29 is 22.4 Å². The lowest BCUT2D eigenvalue weighted by atomic mass is 9.95. The minimum Gasteiger partial charge on any atom is -0.492 e. The van der Waals surface area contributed by atoms with Crippen LogP contribution in [0.2, 0.25) is 0 Å². The third-order valence-electron chi connectivity index (χ3n) is 5.30. The molecule has 172 valence electrons. The molecule has 1 heterocycles. The zero-order chi connectivity index (χ0) is 23.6. The van der Waals surface area contributed by atoms with Gasteiger partial charge in [0.25, 0.3) is 0 Å². The molecule has 32 heavy (non-hydrogen) atoms. The second-order valence-corrected chi connectivity index (χ2v) is 10.3. The van der Waals surface area contributed by atoms with Crippen LogP contribution in [-0.2, 0) is 21.2 Å². The van der Waals surface area contributed by atoms with Crippen molar-refractivity contribution in [2.45, 2.75) is 44.9 Å². The van der Waals surface area contributed by atoms with Crippen molar-refractivity contribution in [1.29, 1.82) is 0 Å². The molecule has 0 atom stereocenters. The van der Waals surface area contributed by atoms with Crippen LogP contribution in [0.1, 0.15) is 43.4 Å². The summed E-state index contributed by atoms with van der Waals surface area (Å²) in [6, 6.07) is 8.69. The summed E-state index contributed by atoms with van der Waals surface area (Å²) in [5.74, 6) is 0.338. The molecule has 8 heteroatoms. The van der Waals surface area contributed by atoms with Crippen molar-refractivity contribution in [1.82, 2.24) is 4.31 Å². The molecule has 0 fully saturated rings. The second kappa shape index (κ2) is 9.34. The first-order valence-corrected chi connectivity index (χ1v) is 12.0. The molecule has 0 bridgehead atoms. The third kappa shape index (κ3) is 4.81. The average Bonchev–Trinajstić information content (AvgIpc) is 3.09. The highest BCUT2D eigenvalue weighted by molar-refractivity contribution is 7.89. The number of aryl methyl sites for hydroxylation is 1. The summed E-state index contributed by atoms with van der Waals surface area (Å²) in [5.41, 5.74) is 4.28. The van der Waals surface area contributed by atoms with E-state index in [-0.39, 0.29) is 23.0 Å². The van der Waals surface area contributed by atoms with Crippen LogP contribution in [-0.4, -0.2) is 39.3 Å². The molecule has 0 aliphatic rings. The first-order valence-electron chi connectivity index (χ1n) is 10.5. The number of hydrogen-bond acceptors (Lipinski definition) is 5. The lowest BCUT2D eigenvalue weighted by Crippen LogP contribution is -2.23. The number of nitrogens with zero attached hydrogens (tertiary/aromatic N) is 1. The summed E-state index contributed by atoms with van der Waals surface area (Å²) in [6.45, 7) is 8.42.